The molecule has 0 spiro atoms. The Kier molecular flexibility index (Phi) is 4.61. The van der Waals surface area contributed by atoms with Gasteiger partial charge in [0.25, 0.3) is 0 Å². The SMILES string of the molecule is CC(=O)/C(=C\N(C)C)Sc1nnc(C(F)(F)F)n1C. The summed E-state index contributed by atoms with van der Waals surface area (Å²) in [6.07, 6.45) is -3.04. The molecule has 1 rings (SSSR count). The lowest BCUT2D eigenvalue weighted by Crippen LogP contribution is -2.13. The first-order valence-electron chi connectivity index (χ1n) is 5.16. The van der Waals surface area contributed by atoms with E-state index in [9.17, 15) is 18.0 Å². The van der Waals surface area contributed by atoms with Crippen molar-refractivity contribution in [2.75, 3.05) is 14.1 Å². The molecule has 9 heteroatoms. The van der Waals surface area contributed by atoms with E-state index in [2.05, 4.69) is 10.2 Å². The van der Waals surface area contributed by atoms with Crippen molar-refractivity contribution in [3.63, 3.8) is 0 Å². The van der Waals surface area contributed by atoms with Crippen LogP contribution in [0.1, 0.15) is 12.7 Å². The van der Waals surface area contributed by atoms with Gasteiger partial charge in [-0.2, -0.15) is 13.2 Å². The van der Waals surface area contributed by atoms with E-state index in [1.165, 1.54) is 20.2 Å². The molecule has 0 atom stereocenters. The van der Waals surface area contributed by atoms with Crippen molar-refractivity contribution in [1.82, 2.24) is 19.7 Å². The minimum Gasteiger partial charge on any atom is -0.382 e. The number of ketones is 1. The van der Waals surface area contributed by atoms with Crippen LogP contribution in [0.4, 0.5) is 13.2 Å². The van der Waals surface area contributed by atoms with Gasteiger partial charge in [0.1, 0.15) is 0 Å². The van der Waals surface area contributed by atoms with Crippen LogP contribution in [-0.2, 0) is 18.0 Å². The maximum atomic E-state index is 12.5. The summed E-state index contributed by atoms with van der Waals surface area (Å²) in [5, 5.41) is 6.56. The summed E-state index contributed by atoms with van der Waals surface area (Å²) in [6.45, 7) is 1.34. The normalized spacial score (nSPS) is 12.7. The Balaban J connectivity index is 3.06. The van der Waals surface area contributed by atoms with Gasteiger partial charge in [0.15, 0.2) is 10.9 Å². The molecule has 1 aromatic rings. The maximum absolute atomic E-state index is 12.5. The number of halogens is 3. The van der Waals surface area contributed by atoms with Gasteiger partial charge in [-0.1, -0.05) is 0 Å². The number of allylic oxidation sites excluding steroid dienone is 1. The van der Waals surface area contributed by atoms with Crippen molar-refractivity contribution in [2.45, 2.75) is 18.3 Å². The third kappa shape index (κ3) is 3.98. The number of hydrogen-bond acceptors (Lipinski definition) is 5. The van der Waals surface area contributed by atoms with Crippen LogP contribution in [0.25, 0.3) is 0 Å². The summed E-state index contributed by atoms with van der Waals surface area (Å²) in [4.78, 5) is 13.3. The predicted octanol–water partition coefficient (Wildman–Crippen LogP) is 1.92. The van der Waals surface area contributed by atoms with E-state index in [0.717, 1.165) is 16.3 Å². The number of carbonyl (C=O) groups excluding carboxylic acids is 1. The van der Waals surface area contributed by atoms with E-state index in [0.29, 0.717) is 0 Å². The molecule has 0 N–H and O–H groups in total. The van der Waals surface area contributed by atoms with Crippen molar-refractivity contribution in [3.8, 4) is 0 Å². The molecule has 0 fully saturated rings. The average Bonchev–Trinajstić information content (AvgIpc) is 2.58. The van der Waals surface area contributed by atoms with Gasteiger partial charge in [0.05, 0.1) is 4.91 Å². The molecule has 0 aliphatic heterocycles. The summed E-state index contributed by atoms with van der Waals surface area (Å²) in [5.74, 6) is -1.35. The number of carbonyl (C=O) groups is 1. The summed E-state index contributed by atoms with van der Waals surface area (Å²) in [5.41, 5.74) is 0. The molecule has 0 aliphatic carbocycles. The fraction of sp³-hybridized carbons (Fsp3) is 0.500. The number of hydrogen-bond donors (Lipinski definition) is 0. The Morgan fingerprint density at radius 2 is 1.95 bits per heavy atom. The van der Waals surface area contributed by atoms with Crippen LogP contribution in [0.3, 0.4) is 0 Å². The Hall–Kier alpha value is -1.51. The highest BCUT2D eigenvalue weighted by Crippen LogP contribution is 2.32. The van der Waals surface area contributed by atoms with Crippen molar-refractivity contribution >= 4 is 17.5 Å². The van der Waals surface area contributed by atoms with Gasteiger partial charge in [-0.25, -0.2) is 0 Å². The van der Waals surface area contributed by atoms with E-state index < -0.39 is 12.0 Å². The predicted molar refractivity (Wildman–Crippen MR) is 64.3 cm³/mol. The fourth-order valence-electron chi connectivity index (χ4n) is 1.17. The van der Waals surface area contributed by atoms with Gasteiger partial charge < -0.3 is 9.47 Å². The molecule has 0 bridgehead atoms. The molecular formula is C10H13F3N4OS. The second-order valence-electron chi connectivity index (χ2n) is 3.98. The van der Waals surface area contributed by atoms with Gasteiger partial charge in [0.2, 0.25) is 5.82 Å². The number of nitrogens with zero attached hydrogens (tertiary/aromatic N) is 4. The first kappa shape index (κ1) is 15.5. The Morgan fingerprint density at radius 1 is 1.37 bits per heavy atom. The highest BCUT2D eigenvalue weighted by molar-refractivity contribution is 8.03. The van der Waals surface area contributed by atoms with E-state index in [1.54, 1.807) is 19.0 Å². The average molecular weight is 294 g/mol. The summed E-state index contributed by atoms with van der Waals surface area (Å²) < 4.78 is 38.5. The maximum Gasteiger partial charge on any atom is 0.451 e. The minimum absolute atomic E-state index is 0.00984. The largest absolute Gasteiger partial charge is 0.451 e. The number of rotatable bonds is 4. The molecule has 5 nitrogen and oxygen atoms in total. The van der Waals surface area contributed by atoms with Crippen molar-refractivity contribution < 1.29 is 18.0 Å². The second-order valence-corrected chi connectivity index (χ2v) is 4.99. The second kappa shape index (κ2) is 5.64. The summed E-state index contributed by atoms with van der Waals surface area (Å²) in [7, 11) is 4.63. The quantitative estimate of drug-likeness (QED) is 0.627. The Morgan fingerprint density at radius 3 is 2.32 bits per heavy atom. The van der Waals surface area contributed by atoms with Gasteiger partial charge in [0, 0.05) is 27.3 Å². The fourth-order valence-corrected chi connectivity index (χ4v) is 2.08. The van der Waals surface area contributed by atoms with E-state index in [1.807, 2.05) is 0 Å². The molecule has 0 radical (unpaired) electrons. The topological polar surface area (TPSA) is 51.0 Å². The van der Waals surface area contributed by atoms with Crippen LogP contribution >= 0.6 is 11.8 Å². The lowest BCUT2D eigenvalue weighted by molar-refractivity contribution is -0.147. The first-order valence-corrected chi connectivity index (χ1v) is 5.98. The smallest absolute Gasteiger partial charge is 0.382 e. The molecule has 106 valence electrons. The zero-order chi connectivity index (χ0) is 14.8. The zero-order valence-electron chi connectivity index (χ0n) is 10.8. The van der Waals surface area contributed by atoms with Gasteiger partial charge >= 0.3 is 6.18 Å². The summed E-state index contributed by atoms with van der Waals surface area (Å²) in [6, 6.07) is 0. The number of thioether (sulfide) groups is 1. The highest BCUT2D eigenvalue weighted by atomic mass is 32.2. The standard InChI is InChI=1S/C10H13F3N4OS/c1-6(18)7(5-16(2)3)19-9-15-14-8(17(9)4)10(11,12)13/h5H,1-4H3/b7-5+. The lowest BCUT2D eigenvalue weighted by atomic mass is 10.4. The van der Waals surface area contributed by atoms with Crippen LogP contribution in [0.2, 0.25) is 0 Å². The third-order valence-electron chi connectivity index (χ3n) is 2.01. The van der Waals surface area contributed by atoms with E-state index in [-0.39, 0.29) is 15.8 Å². The van der Waals surface area contributed by atoms with Crippen LogP contribution in [0, 0.1) is 0 Å². The molecule has 0 amide bonds. The Labute approximate surface area is 112 Å². The van der Waals surface area contributed by atoms with Crippen LogP contribution < -0.4 is 0 Å². The van der Waals surface area contributed by atoms with Gasteiger partial charge in [-0.15, -0.1) is 10.2 Å². The molecule has 0 aliphatic rings. The molecule has 0 unspecified atom stereocenters. The Bertz CT molecular complexity index is 507. The molecule has 0 aromatic carbocycles. The van der Waals surface area contributed by atoms with Crippen LogP contribution in [0.15, 0.2) is 16.3 Å². The van der Waals surface area contributed by atoms with Crippen molar-refractivity contribution in [3.05, 3.63) is 16.9 Å². The lowest BCUT2D eigenvalue weighted by Gasteiger charge is -2.09. The number of aromatic nitrogens is 3. The van der Waals surface area contributed by atoms with Crippen LogP contribution in [0.5, 0.6) is 0 Å². The highest BCUT2D eigenvalue weighted by Gasteiger charge is 2.37. The molecule has 1 aromatic heterocycles. The molecular weight excluding hydrogens is 281 g/mol. The number of Topliss-reactive ketones (excluding diaryl/α,β-unsaturated/α-hetero) is 1. The number of alkyl halides is 3. The molecule has 0 saturated heterocycles. The molecule has 19 heavy (non-hydrogen) atoms. The van der Waals surface area contributed by atoms with Gasteiger partial charge in [-0.3, -0.25) is 4.79 Å². The van der Waals surface area contributed by atoms with Crippen molar-refractivity contribution in [2.24, 2.45) is 7.05 Å². The first-order chi connectivity index (χ1) is 8.62. The third-order valence-corrected chi connectivity index (χ3v) is 3.16. The van der Waals surface area contributed by atoms with E-state index in [4.69, 9.17) is 0 Å². The minimum atomic E-state index is -4.57. The van der Waals surface area contributed by atoms with Crippen LogP contribution in [-0.4, -0.2) is 39.5 Å². The van der Waals surface area contributed by atoms with Gasteiger partial charge in [-0.05, 0) is 18.7 Å². The summed E-state index contributed by atoms with van der Waals surface area (Å²) >= 11 is 0.848. The molecule has 0 saturated carbocycles. The zero-order valence-corrected chi connectivity index (χ0v) is 11.6. The monoisotopic (exact) mass is 294 g/mol. The van der Waals surface area contributed by atoms with E-state index >= 15 is 0 Å². The van der Waals surface area contributed by atoms with Crippen molar-refractivity contribution in [1.29, 1.82) is 0 Å². The molecule has 1 heterocycles.